The first kappa shape index (κ1) is 9.08. The quantitative estimate of drug-likeness (QED) is 0.866. The van der Waals surface area contributed by atoms with Crippen molar-refractivity contribution in [2.45, 2.75) is 6.42 Å². The van der Waals surface area contributed by atoms with Gasteiger partial charge in [-0.15, -0.1) is 0 Å². The minimum absolute atomic E-state index is 0.0351. The highest BCUT2D eigenvalue weighted by atomic mass is 79.9. The highest BCUT2D eigenvalue weighted by Gasteiger charge is 2.18. The molecule has 15 heavy (non-hydrogen) atoms. The Morgan fingerprint density at radius 3 is 2.87 bits per heavy atom. The Morgan fingerprint density at radius 1 is 1.67 bits per heavy atom. The SMILES string of the molecule is [2H]C([2H])Oc1cc(CC(=O)O)c(Br)c(F)c1F. The highest BCUT2D eigenvalue weighted by molar-refractivity contribution is 9.10. The molecule has 0 unspecified atom stereocenters. The van der Waals surface area contributed by atoms with Gasteiger partial charge in [-0.2, -0.15) is 4.39 Å². The molecule has 0 saturated carbocycles. The second-order valence-electron chi connectivity index (χ2n) is 2.66. The van der Waals surface area contributed by atoms with Crippen molar-refractivity contribution in [1.29, 1.82) is 0 Å². The Labute approximate surface area is 95.6 Å². The highest BCUT2D eigenvalue weighted by Crippen LogP contribution is 2.30. The first-order valence-corrected chi connectivity index (χ1v) is 4.51. The first-order chi connectivity index (χ1) is 7.82. The van der Waals surface area contributed by atoms with Crippen LogP contribution in [0.2, 0.25) is 0 Å². The van der Waals surface area contributed by atoms with Crippen LogP contribution in [-0.4, -0.2) is 18.1 Å². The summed E-state index contributed by atoms with van der Waals surface area (Å²) in [7, 11) is -1.83. The van der Waals surface area contributed by atoms with Gasteiger partial charge in [-0.3, -0.25) is 4.79 Å². The van der Waals surface area contributed by atoms with E-state index in [1.165, 1.54) is 0 Å². The third-order valence-electron chi connectivity index (χ3n) is 1.66. The normalized spacial score (nSPS) is 12.3. The maximum Gasteiger partial charge on any atom is 0.307 e. The van der Waals surface area contributed by atoms with Crippen molar-refractivity contribution in [2.75, 3.05) is 7.06 Å². The summed E-state index contributed by atoms with van der Waals surface area (Å²) in [6, 6.07) is 0.951. The standard InChI is InChI=1S/C9H7BrF2O3/c1-15-5-2-4(3-6(13)14)7(10)9(12)8(5)11/h2H,3H2,1H3,(H,13,14)/i1D2. The van der Waals surface area contributed by atoms with Gasteiger partial charge in [0.2, 0.25) is 5.82 Å². The molecule has 0 aliphatic heterocycles. The molecule has 0 spiro atoms. The lowest BCUT2D eigenvalue weighted by atomic mass is 10.1. The summed E-state index contributed by atoms with van der Waals surface area (Å²) in [6.07, 6.45) is -0.533. The van der Waals surface area contributed by atoms with Crippen LogP contribution in [0.15, 0.2) is 10.5 Å². The van der Waals surface area contributed by atoms with Crippen molar-refractivity contribution in [1.82, 2.24) is 0 Å². The average molecular weight is 283 g/mol. The number of hydrogen-bond donors (Lipinski definition) is 1. The zero-order valence-electron chi connectivity index (χ0n) is 9.26. The molecule has 0 aliphatic rings. The van der Waals surface area contributed by atoms with E-state index in [1.807, 2.05) is 0 Å². The lowest BCUT2D eigenvalue weighted by molar-refractivity contribution is -0.136. The van der Waals surface area contributed by atoms with Crippen LogP contribution in [0.4, 0.5) is 8.78 Å². The second-order valence-corrected chi connectivity index (χ2v) is 3.46. The van der Waals surface area contributed by atoms with Gasteiger partial charge in [-0.25, -0.2) is 4.39 Å². The third-order valence-corrected chi connectivity index (χ3v) is 2.52. The molecule has 0 amide bonds. The van der Waals surface area contributed by atoms with E-state index < -0.39 is 36.8 Å². The molecular weight excluding hydrogens is 274 g/mol. The predicted octanol–water partition coefficient (Wildman–Crippen LogP) is 2.36. The lowest BCUT2D eigenvalue weighted by Crippen LogP contribution is -2.04. The van der Waals surface area contributed by atoms with Gasteiger partial charge in [0.15, 0.2) is 11.6 Å². The minimum atomic E-state index is -1.83. The number of carboxylic acids is 1. The van der Waals surface area contributed by atoms with Crippen LogP contribution in [0.1, 0.15) is 8.30 Å². The van der Waals surface area contributed by atoms with E-state index in [9.17, 15) is 13.6 Å². The van der Waals surface area contributed by atoms with Crippen LogP contribution in [0.25, 0.3) is 0 Å². The topological polar surface area (TPSA) is 46.5 Å². The largest absolute Gasteiger partial charge is 0.494 e. The summed E-state index contributed by atoms with van der Waals surface area (Å²) >= 11 is 2.73. The van der Waals surface area contributed by atoms with E-state index in [1.54, 1.807) is 0 Å². The van der Waals surface area contributed by atoms with Gasteiger partial charge in [-0.1, -0.05) is 0 Å². The first-order valence-electron chi connectivity index (χ1n) is 4.87. The smallest absolute Gasteiger partial charge is 0.307 e. The Kier molecular flexibility index (Phi) is 2.77. The molecule has 1 N–H and O–H groups in total. The van der Waals surface area contributed by atoms with Crippen molar-refractivity contribution >= 4 is 21.9 Å². The van der Waals surface area contributed by atoms with Gasteiger partial charge in [0.1, 0.15) is 0 Å². The molecule has 0 aliphatic carbocycles. The number of carboxylic acid groups (broad SMARTS) is 1. The third kappa shape index (κ3) is 2.44. The predicted molar refractivity (Wildman–Crippen MR) is 51.9 cm³/mol. The molecule has 0 atom stereocenters. The Balaban J connectivity index is 3.23. The van der Waals surface area contributed by atoms with Gasteiger partial charge in [0.05, 0.1) is 20.7 Å². The van der Waals surface area contributed by atoms with E-state index in [4.69, 9.17) is 7.85 Å². The van der Waals surface area contributed by atoms with Crippen LogP contribution in [0.5, 0.6) is 5.75 Å². The van der Waals surface area contributed by atoms with Gasteiger partial charge in [0, 0.05) is 0 Å². The van der Waals surface area contributed by atoms with Gasteiger partial charge in [0.25, 0.3) is 0 Å². The van der Waals surface area contributed by atoms with Crippen molar-refractivity contribution in [3.05, 3.63) is 27.7 Å². The molecule has 82 valence electrons. The number of rotatable bonds is 3. The van der Waals surface area contributed by atoms with Gasteiger partial charge in [-0.05, 0) is 27.6 Å². The number of hydrogen-bond acceptors (Lipinski definition) is 2. The van der Waals surface area contributed by atoms with Crippen LogP contribution in [0, 0.1) is 11.6 Å². The molecule has 0 aromatic heterocycles. The van der Waals surface area contributed by atoms with Crippen LogP contribution in [-0.2, 0) is 11.2 Å². The fraction of sp³-hybridized carbons (Fsp3) is 0.222. The molecule has 3 nitrogen and oxygen atoms in total. The molecule has 1 aromatic carbocycles. The van der Waals surface area contributed by atoms with Crippen LogP contribution in [0.3, 0.4) is 0 Å². The maximum absolute atomic E-state index is 13.3. The van der Waals surface area contributed by atoms with Crippen molar-refractivity contribution in [3.8, 4) is 5.75 Å². The molecule has 0 heterocycles. The van der Waals surface area contributed by atoms with E-state index in [2.05, 4.69) is 20.7 Å². The van der Waals surface area contributed by atoms with Gasteiger partial charge >= 0.3 is 5.97 Å². The molecule has 0 bridgehead atoms. The Bertz CT molecular complexity index is 454. The van der Waals surface area contributed by atoms with E-state index in [0.29, 0.717) is 0 Å². The fourth-order valence-corrected chi connectivity index (χ4v) is 1.44. The zero-order valence-corrected chi connectivity index (χ0v) is 8.85. The average Bonchev–Trinajstić information content (AvgIpc) is 2.20. The second kappa shape index (κ2) is 4.57. The summed E-state index contributed by atoms with van der Waals surface area (Å²) in [5.41, 5.74) is -0.0351. The van der Waals surface area contributed by atoms with Crippen LogP contribution < -0.4 is 4.74 Å². The summed E-state index contributed by atoms with van der Waals surface area (Å²) in [5, 5.41) is 8.57. The molecule has 0 radical (unpaired) electrons. The number of ether oxygens (including phenoxy) is 1. The van der Waals surface area contributed by atoms with Crippen molar-refractivity contribution in [3.63, 3.8) is 0 Å². The summed E-state index contributed by atoms with van der Waals surface area (Å²) < 4.78 is 44.3. The maximum atomic E-state index is 13.3. The van der Waals surface area contributed by atoms with Gasteiger partial charge < -0.3 is 9.84 Å². The summed E-state index contributed by atoms with van der Waals surface area (Å²) in [6.45, 7) is 0. The summed E-state index contributed by atoms with van der Waals surface area (Å²) in [5.74, 6) is -4.55. The monoisotopic (exact) mass is 282 g/mol. The fourth-order valence-electron chi connectivity index (χ4n) is 1.01. The molecule has 0 fully saturated rings. The summed E-state index contributed by atoms with van der Waals surface area (Å²) in [4.78, 5) is 10.5. The van der Waals surface area contributed by atoms with Crippen molar-refractivity contribution < 1.29 is 26.2 Å². The Hall–Kier alpha value is -1.17. The van der Waals surface area contributed by atoms with E-state index in [-0.39, 0.29) is 10.0 Å². The molecule has 0 saturated heterocycles. The number of halogens is 3. The van der Waals surface area contributed by atoms with Crippen molar-refractivity contribution in [2.24, 2.45) is 0 Å². The molecule has 1 aromatic rings. The minimum Gasteiger partial charge on any atom is -0.494 e. The molecule has 1 rings (SSSR count). The molecular formula is C9H7BrF2O3. The number of methoxy groups -OCH3 is 1. The Morgan fingerprint density at radius 2 is 2.33 bits per heavy atom. The van der Waals surface area contributed by atoms with E-state index >= 15 is 0 Å². The number of aliphatic carboxylic acids is 1. The van der Waals surface area contributed by atoms with E-state index in [0.717, 1.165) is 6.07 Å². The number of carbonyl (C=O) groups is 1. The lowest BCUT2D eigenvalue weighted by Gasteiger charge is -2.08. The molecule has 6 heteroatoms. The number of benzene rings is 1. The zero-order chi connectivity index (χ0) is 13.2. The van der Waals surface area contributed by atoms with Crippen LogP contribution >= 0.6 is 15.9 Å².